The molecule has 30 heavy (non-hydrogen) atoms. The molecular weight excluding hydrogens is 388 g/mol. The van der Waals surface area contributed by atoms with Crippen molar-refractivity contribution in [2.75, 3.05) is 18.5 Å². The molecule has 3 heterocycles. The normalized spacial score (nSPS) is 30.2. The number of carbonyl (C=O) groups excluding carboxylic acids is 4. The quantitative estimate of drug-likeness (QED) is 0.612. The smallest absolute Gasteiger partial charge is 0.262 e. The molecule has 1 aromatic carbocycles. The van der Waals surface area contributed by atoms with Crippen molar-refractivity contribution >= 4 is 29.3 Å². The van der Waals surface area contributed by atoms with Crippen molar-refractivity contribution in [1.29, 1.82) is 0 Å². The molecule has 1 aliphatic carbocycles. The van der Waals surface area contributed by atoms with E-state index in [1.807, 2.05) is 0 Å². The second-order valence-electron chi connectivity index (χ2n) is 8.59. The molecule has 3 aliphatic heterocycles. The lowest BCUT2D eigenvalue weighted by molar-refractivity contribution is -0.136. The van der Waals surface area contributed by atoms with Gasteiger partial charge in [0.1, 0.15) is 6.04 Å². The van der Waals surface area contributed by atoms with E-state index in [2.05, 4.69) is 10.6 Å². The number of carbonyl (C=O) groups is 4. The number of nitrogens with zero attached hydrogens (tertiary/aromatic N) is 1. The summed E-state index contributed by atoms with van der Waals surface area (Å²) in [5, 5.41) is 5.71. The number of amides is 4. The molecule has 9 nitrogen and oxygen atoms in total. The molecule has 2 saturated heterocycles. The summed E-state index contributed by atoms with van der Waals surface area (Å²) in [5.41, 5.74) is 7.63. The van der Waals surface area contributed by atoms with Gasteiger partial charge in [0.2, 0.25) is 11.8 Å². The fourth-order valence-corrected chi connectivity index (χ4v) is 5.26. The van der Waals surface area contributed by atoms with Crippen LogP contribution in [0.1, 0.15) is 52.8 Å². The zero-order valence-corrected chi connectivity index (χ0v) is 16.5. The Morgan fingerprint density at radius 1 is 1.10 bits per heavy atom. The fourth-order valence-electron chi connectivity index (χ4n) is 5.26. The largest absolute Gasteiger partial charge is 0.382 e. The molecule has 3 atom stereocenters. The van der Waals surface area contributed by atoms with Crippen LogP contribution in [0.15, 0.2) is 18.2 Å². The van der Waals surface area contributed by atoms with E-state index in [1.54, 1.807) is 18.2 Å². The Kier molecular flexibility index (Phi) is 4.41. The zero-order valence-electron chi connectivity index (χ0n) is 16.5. The minimum absolute atomic E-state index is 0.00412. The van der Waals surface area contributed by atoms with E-state index < -0.39 is 23.8 Å². The number of benzene rings is 1. The summed E-state index contributed by atoms with van der Waals surface area (Å²) in [6, 6.07) is 4.45. The Morgan fingerprint density at radius 2 is 1.83 bits per heavy atom. The molecule has 3 unspecified atom stereocenters. The summed E-state index contributed by atoms with van der Waals surface area (Å²) in [6.07, 6.45) is 2.89. The monoisotopic (exact) mass is 412 g/mol. The number of rotatable bonds is 3. The molecule has 1 aromatic rings. The van der Waals surface area contributed by atoms with Crippen molar-refractivity contribution in [3.05, 3.63) is 29.3 Å². The first-order valence-corrected chi connectivity index (χ1v) is 10.4. The summed E-state index contributed by atoms with van der Waals surface area (Å²) >= 11 is 0. The lowest BCUT2D eigenvalue weighted by Crippen LogP contribution is -2.65. The molecule has 5 rings (SSSR count). The van der Waals surface area contributed by atoms with Crippen LogP contribution in [0, 0.1) is 5.41 Å². The zero-order chi connectivity index (χ0) is 21.0. The molecular formula is C21H24N4O5. The van der Waals surface area contributed by atoms with Gasteiger partial charge in [0.25, 0.3) is 11.8 Å². The van der Waals surface area contributed by atoms with Crippen LogP contribution in [-0.4, -0.2) is 59.9 Å². The number of imide groups is 2. The van der Waals surface area contributed by atoms with Crippen LogP contribution in [-0.2, 0) is 14.3 Å². The summed E-state index contributed by atoms with van der Waals surface area (Å²) in [6.45, 7) is 1.40. The maximum absolute atomic E-state index is 13.0. The number of fused-ring (bicyclic) bond motifs is 1. The maximum Gasteiger partial charge on any atom is 0.262 e. The summed E-state index contributed by atoms with van der Waals surface area (Å²) in [7, 11) is 0. The Balaban J connectivity index is 1.36. The molecule has 4 amide bonds. The van der Waals surface area contributed by atoms with Gasteiger partial charge in [-0.3, -0.25) is 29.4 Å². The highest BCUT2D eigenvalue weighted by Crippen LogP contribution is 2.49. The molecule has 158 valence electrons. The van der Waals surface area contributed by atoms with Gasteiger partial charge >= 0.3 is 0 Å². The van der Waals surface area contributed by atoms with E-state index in [-0.39, 0.29) is 47.4 Å². The van der Waals surface area contributed by atoms with Crippen molar-refractivity contribution in [3.8, 4) is 0 Å². The molecule has 0 bridgehead atoms. The van der Waals surface area contributed by atoms with E-state index in [0.717, 1.165) is 29.8 Å². The van der Waals surface area contributed by atoms with Crippen LogP contribution in [0.2, 0.25) is 0 Å². The Hall–Kier alpha value is -2.78. The van der Waals surface area contributed by atoms with Crippen molar-refractivity contribution in [1.82, 2.24) is 10.2 Å². The summed E-state index contributed by atoms with van der Waals surface area (Å²) in [4.78, 5) is 50.4. The van der Waals surface area contributed by atoms with Gasteiger partial charge in [-0.1, -0.05) is 0 Å². The molecule has 9 heteroatoms. The minimum Gasteiger partial charge on any atom is -0.382 e. The van der Waals surface area contributed by atoms with Gasteiger partial charge in [0.15, 0.2) is 0 Å². The number of nitrogens with two attached hydrogens (primary N) is 1. The van der Waals surface area contributed by atoms with Crippen LogP contribution < -0.4 is 16.4 Å². The first-order chi connectivity index (χ1) is 14.4. The van der Waals surface area contributed by atoms with Crippen LogP contribution in [0.4, 0.5) is 5.69 Å². The van der Waals surface area contributed by atoms with Crippen molar-refractivity contribution < 1.29 is 23.9 Å². The standard InChI is InChI=1S/C21H24N4O5/c22-15-10-16(21(15)5-7-30-8-6-21)23-11-1-2-12-13(9-11)20(29)25(19(12)28)14-3-4-17(26)24-18(14)27/h1-2,9,14-16,23H,3-8,10,22H2,(H,24,26,27). The number of hydrogen-bond donors (Lipinski definition) is 3. The number of nitrogens with one attached hydrogen (secondary N) is 2. The van der Waals surface area contributed by atoms with Crippen LogP contribution in [0.5, 0.6) is 0 Å². The third-order valence-corrected chi connectivity index (χ3v) is 7.13. The van der Waals surface area contributed by atoms with Crippen LogP contribution in [0.25, 0.3) is 0 Å². The predicted molar refractivity (Wildman–Crippen MR) is 106 cm³/mol. The molecule has 0 radical (unpaired) electrons. The maximum atomic E-state index is 13.0. The van der Waals surface area contributed by atoms with Gasteiger partial charge in [0.05, 0.1) is 11.1 Å². The lowest BCUT2D eigenvalue weighted by atomic mass is 9.56. The van der Waals surface area contributed by atoms with Crippen molar-refractivity contribution in [2.45, 2.75) is 50.2 Å². The van der Waals surface area contributed by atoms with Gasteiger partial charge in [0, 0.05) is 42.8 Å². The third kappa shape index (κ3) is 2.76. The topological polar surface area (TPSA) is 131 Å². The van der Waals surface area contributed by atoms with Gasteiger partial charge in [-0.25, -0.2) is 0 Å². The molecule has 3 fully saturated rings. The second kappa shape index (κ2) is 6.88. The van der Waals surface area contributed by atoms with Gasteiger partial charge in [-0.05, 0) is 43.9 Å². The summed E-state index contributed by atoms with van der Waals surface area (Å²) < 4.78 is 5.49. The Morgan fingerprint density at radius 3 is 2.53 bits per heavy atom. The molecule has 0 aromatic heterocycles. The fraction of sp³-hybridized carbons (Fsp3) is 0.524. The minimum atomic E-state index is -0.957. The third-order valence-electron chi connectivity index (χ3n) is 7.13. The molecule has 1 saturated carbocycles. The number of ether oxygens (including phenoxy) is 1. The average Bonchev–Trinajstić information content (AvgIpc) is 2.99. The average molecular weight is 412 g/mol. The molecule has 4 N–H and O–H groups in total. The number of hydrogen-bond acceptors (Lipinski definition) is 7. The van der Waals surface area contributed by atoms with Crippen molar-refractivity contribution in [2.24, 2.45) is 11.1 Å². The Bertz CT molecular complexity index is 955. The van der Waals surface area contributed by atoms with E-state index in [9.17, 15) is 19.2 Å². The first kappa shape index (κ1) is 19.2. The lowest BCUT2D eigenvalue weighted by Gasteiger charge is -2.57. The highest BCUT2D eigenvalue weighted by Gasteiger charge is 2.54. The van der Waals surface area contributed by atoms with Crippen molar-refractivity contribution in [3.63, 3.8) is 0 Å². The highest BCUT2D eigenvalue weighted by molar-refractivity contribution is 6.23. The molecule has 4 aliphatic rings. The second-order valence-corrected chi connectivity index (χ2v) is 8.59. The van der Waals surface area contributed by atoms with Crippen LogP contribution in [0.3, 0.4) is 0 Å². The first-order valence-electron chi connectivity index (χ1n) is 10.4. The van der Waals surface area contributed by atoms with E-state index in [4.69, 9.17) is 10.5 Å². The summed E-state index contributed by atoms with van der Waals surface area (Å²) in [5.74, 6) is -1.99. The number of anilines is 1. The van der Waals surface area contributed by atoms with Gasteiger partial charge in [-0.2, -0.15) is 0 Å². The number of piperidine rings is 1. The van der Waals surface area contributed by atoms with Gasteiger partial charge in [-0.15, -0.1) is 0 Å². The van der Waals surface area contributed by atoms with E-state index in [0.29, 0.717) is 13.2 Å². The van der Waals surface area contributed by atoms with Gasteiger partial charge < -0.3 is 15.8 Å². The predicted octanol–water partition coefficient (Wildman–Crippen LogP) is 0.396. The highest BCUT2D eigenvalue weighted by atomic mass is 16.5. The van der Waals surface area contributed by atoms with E-state index >= 15 is 0 Å². The molecule has 1 spiro atoms. The Labute approximate surface area is 173 Å². The van der Waals surface area contributed by atoms with E-state index in [1.165, 1.54) is 0 Å². The van der Waals surface area contributed by atoms with Crippen LogP contribution >= 0.6 is 0 Å². The SMILES string of the molecule is NC1CC(Nc2ccc3c(c2)C(=O)N(C2CCC(=O)NC2=O)C3=O)C12CCOCC2.